The van der Waals surface area contributed by atoms with Crippen LogP contribution >= 0.6 is 11.3 Å². The number of furan rings is 1. The van der Waals surface area contributed by atoms with E-state index in [9.17, 15) is 14.7 Å². The highest BCUT2D eigenvalue weighted by Gasteiger charge is 2.39. The fraction of sp³-hybridized carbons (Fsp3) is 0.412. The SMILES string of the molecule is CN1C(=O)CCC(C(=O)NCC(O)c2ccco2)C1c1cccs1. The van der Waals surface area contributed by atoms with Crippen molar-refractivity contribution in [3.05, 3.63) is 46.5 Å². The number of hydrogen-bond donors (Lipinski definition) is 2. The largest absolute Gasteiger partial charge is 0.467 e. The molecule has 1 fully saturated rings. The van der Waals surface area contributed by atoms with Crippen molar-refractivity contribution in [1.29, 1.82) is 0 Å². The van der Waals surface area contributed by atoms with Crippen LogP contribution in [0.1, 0.15) is 35.6 Å². The Hall–Kier alpha value is -2.12. The number of aliphatic hydroxyl groups is 1. The number of hydrogen-bond acceptors (Lipinski definition) is 5. The number of aliphatic hydroxyl groups excluding tert-OH is 1. The van der Waals surface area contributed by atoms with Gasteiger partial charge in [-0.15, -0.1) is 11.3 Å². The molecule has 0 bridgehead atoms. The lowest BCUT2D eigenvalue weighted by molar-refractivity contribution is -0.141. The molecule has 0 radical (unpaired) electrons. The minimum Gasteiger partial charge on any atom is -0.467 e. The Morgan fingerprint density at radius 3 is 3.00 bits per heavy atom. The van der Waals surface area contributed by atoms with E-state index in [-0.39, 0.29) is 30.3 Å². The third kappa shape index (κ3) is 3.37. The van der Waals surface area contributed by atoms with Gasteiger partial charge in [0.15, 0.2) is 0 Å². The minimum atomic E-state index is -0.882. The minimum absolute atomic E-state index is 0.0491. The molecule has 0 aromatic carbocycles. The van der Waals surface area contributed by atoms with Gasteiger partial charge in [-0.05, 0) is 30.0 Å². The maximum Gasteiger partial charge on any atom is 0.225 e. The molecule has 1 saturated heterocycles. The highest BCUT2D eigenvalue weighted by atomic mass is 32.1. The van der Waals surface area contributed by atoms with Gasteiger partial charge in [-0.1, -0.05) is 6.07 Å². The van der Waals surface area contributed by atoms with Crippen molar-refractivity contribution in [2.75, 3.05) is 13.6 Å². The zero-order valence-electron chi connectivity index (χ0n) is 13.3. The van der Waals surface area contributed by atoms with E-state index in [0.29, 0.717) is 18.6 Å². The molecule has 3 heterocycles. The van der Waals surface area contributed by atoms with Gasteiger partial charge in [0.25, 0.3) is 0 Å². The maximum absolute atomic E-state index is 12.6. The van der Waals surface area contributed by atoms with E-state index >= 15 is 0 Å². The molecule has 6 nitrogen and oxygen atoms in total. The Labute approximate surface area is 144 Å². The molecule has 0 aliphatic carbocycles. The molecule has 1 aliphatic heterocycles. The summed E-state index contributed by atoms with van der Waals surface area (Å²) in [5.74, 6) is -0.0115. The number of thiophene rings is 1. The van der Waals surface area contributed by atoms with E-state index in [1.165, 1.54) is 6.26 Å². The van der Waals surface area contributed by atoms with E-state index in [1.54, 1.807) is 35.4 Å². The Bertz CT molecular complexity index is 684. The van der Waals surface area contributed by atoms with Crippen LogP contribution in [0.25, 0.3) is 0 Å². The molecule has 0 saturated carbocycles. The number of carbonyl (C=O) groups is 2. The second kappa shape index (κ2) is 7.19. The lowest BCUT2D eigenvalue weighted by Gasteiger charge is -2.37. The van der Waals surface area contributed by atoms with Gasteiger partial charge < -0.3 is 19.7 Å². The molecular formula is C17H20N2O4S. The maximum atomic E-state index is 12.6. The normalized spacial score (nSPS) is 22.4. The molecule has 128 valence electrons. The molecule has 2 amide bonds. The molecule has 3 rings (SSSR count). The predicted octanol–water partition coefficient (Wildman–Crippen LogP) is 2.10. The molecule has 2 aromatic rings. The summed E-state index contributed by atoms with van der Waals surface area (Å²) in [5.41, 5.74) is 0. The fourth-order valence-electron chi connectivity index (χ4n) is 3.07. The van der Waals surface area contributed by atoms with Crippen molar-refractivity contribution in [3.8, 4) is 0 Å². The van der Waals surface area contributed by atoms with Crippen LogP contribution in [-0.2, 0) is 9.59 Å². The number of piperidine rings is 1. The first-order chi connectivity index (χ1) is 11.6. The molecular weight excluding hydrogens is 328 g/mol. The van der Waals surface area contributed by atoms with Crippen molar-refractivity contribution in [2.45, 2.75) is 25.0 Å². The standard InChI is InChI=1S/C17H20N2O4S/c1-19-15(21)7-6-11(16(19)14-5-3-9-24-14)17(22)18-10-12(20)13-4-2-8-23-13/h2-5,8-9,11-12,16,20H,6-7,10H2,1H3,(H,18,22). The van der Waals surface area contributed by atoms with Gasteiger partial charge >= 0.3 is 0 Å². The lowest BCUT2D eigenvalue weighted by atomic mass is 9.87. The third-order valence-electron chi connectivity index (χ3n) is 4.37. The van der Waals surface area contributed by atoms with Crippen molar-refractivity contribution < 1.29 is 19.1 Å². The number of likely N-dealkylation sites (tertiary alicyclic amines) is 1. The highest BCUT2D eigenvalue weighted by Crippen LogP contribution is 2.37. The van der Waals surface area contributed by atoms with Crippen LogP contribution in [0.3, 0.4) is 0 Å². The van der Waals surface area contributed by atoms with Crippen molar-refractivity contribution in [2.24, 2.45) is 5.92 Å². The average molecular weight is 348 g/mol. The summed E-state index contributed by atoms with van der Waals surface area (Å²) in [6, 6.07) is 6.96. The first-order valence-corrected chi connectivity index (χ1v) is 8.74. The zero-order chi connectivity index (χ0) is 17.1. The summed E-state index contributed by atoms with van der Waals surface area (Å²) >= 11 is 1.54. The lowest BCUT2D eigenvalue weighted by Crippen LogP contribution is -2.46. The van der Waals surface area contributed by atoms with Crippen molar-refractivity contribution >= 4 is 23.2 Å². The molecule has 3 unspecified atom stereocenters. The summed E-state index contributed by atoms with van der Waals surface area (Å²) in [7, 11) is 1.74. The van der Waals surface area contributed by atoms with Crippen LogP contribution in [-0.4, -0.2) is 35.4 Å². The summed E-state index contributed by atoms with van der Waals surface area (Å²) in [4.78, 5) is 27.3. The van der Waals surface area contributed by atoms with E-state index in [2.05, 4.69) is 5.32 Å². The van der Waals surface area contributed by atoms with Gasteiger partial charge in [-0.25, -0.2) is 0 Å². The first kappa shape index (κ1) is 16.7. The first-order valence-electron chi connectivity index (χ1n) is 7.86. The highest BCUT2D eigenvalue weighted by molar-refractivity contribution is 7.10. The number of nitrogens with zero attached hydrogens (tertiary/aromatic N) is 1. The second-order valence-corrected chi connectivity index (χ2v) is 6.87. The summed E-state index contributed by atoms with van der Waals surface area (Å²) in [6.07, 6.45) is 1.47. The van der Waals surface area contributed by atoms with Crippen LogP contribution in [0.2, 0.25) is 0 Å². The number of rotatable bonds is 5. The van der Waals surface area contributed by atoms with E-state index in [1.807, 2.05) is 17.5 Å². The number of amides is 2. The monoisotopic (exact) mass is 348 g/mol. The van der Waals surface area contributed by atoms with Crippen LogP contribution in [0, 0.1) is 5.92 Å². The molecule has 1 aliphatic rings. The third-order valence-corrected chi connectivity index (χ3v) is 5.32. The Morgan fingerprint density at radius 1 is 1.50 bits per heavy atom. The van der Waals surface area contributed by atoms with Gasteiger partial charge in [-0.2, -0.15) is 0 Å². The molecule has 24 heavy (non-hydrogen) atoms. The van der Waals surface area contributed by atoms with Gasteiger partial charge in [0.05, 0.1) is 24.8 Å². The smallest absolute Gasteiger partial charge is 0.225 e. The van der Waals surface area contributed by atoms with Crippen LogP contribution < -0.4 is 5.32 Å². The van der Waals surface area contributed by atoms with Gasteiger partial charge in [0, 0.05) is 18.3 Å². The van der Waals surface area contributed by atoms with E-state index in [0.717, 1.165) is 4.88 Å². The van der Waals surface area contributed by atoms with Crippen LogP contribution in [0.15, 0.2) is 40.3 Å². The Balaban J connectivity index is 1.69. The second-order valence-electron chi connectivity index (χ2n) is 5.89. The number of carbonyl (C=O) groups excluding carboxylic acids is 2. The topological polar surface area (TPSA) is 82.8 Å². The Morgan fingerprint density at radius 2 is 2.33 bits per heavy atom. The van der Waals surface area contributed by atoms with Crippen LogP contribution in [0.5, 0.6) is 0 Å². The number of nitrogens with one attached hydrogen (secondary N) is 1. The zero-order valence-corrected chi connectivity index (χ0v) is 14.2. The molecule has 0 spiro atoms. The van der Waals surface area contributed by atoms with Crippen molar-refractivity contribution in [1.82, 2.24) is 10.2 Å². The van der Waals surface area contributed by atoms with Crippen LogP contribution in [0.4, 0.5) is 0 Å². The molecule has 2 N–H and O–H groups in total. The Kier molecular flexibility index (Phi) is 5.01. The van der Waals surface area contributed by atoms with E-state index in [4.69, 9.17) is 4.42 Å². The van der Waals surface area contributed by atoms with Crippen molar-refractivity contribution in [3.63, 3.8) is 0 Å². The summed E-state index contributed by atoms with van der Waals surface area (Å²) in [6.45, 7) is 0.0810. The van der Waals surface area contributed by atoms with E-state index < -0.39 is 6.10 Å². The predicted molar refractivity (Wildman–Crippen MR) is 89.2 cm³/mol. The quantitative estimate of drug-likeness (QED) is 0.867. The summed E-state index contributed by atoms with van der Waals surface area (Å²) < 4.78 is 5.13. The van der Waals surface area contributed by atoms with Gasteiger partial charge in [-0.3, -0.25) is 9.59 Å². The fourth-order valence-corrected chi connectivity index (χ4v) is 4.00. The average Bonchev–Trinajstić information content (AvgIpc) is 3.27. The van der Waals surface area contributed by atoms with Gasteiger partial charge in [0.2, 0.25) is 11.8 Å². The summed E-state index contributed by atoms with van der Waals surface area (Å²) in [5, 5.41) is 14.8. The molecule has 7 heteroatoms. The molecule has 3 atom stereocenters. The molecule has 2 aromatic heterocycles. The van der Waals surface area contributed by atoms with Gasteiger partial charge in [0.1, 0.15) is 11.9 Å².